The SMILES string of the molecule is Cc1cc(C(Cl)C2CCCOC2)c(F)cc1F. The van der Waals surface area contributed by atoms with E-state index in [2.05, 4.69) is 0 Å². The van der Waals surface area contributed by atoms with E-state index < -0.39 is 17.0 Å². The number of halogens is 3. The summed E-state index contributed by atoms with van der Waals surface area (Å²) in [6, 6.07) is 2.40. The molecule has 0 saturated carbocycles. The van der Waals surface area contributed by atoms with Gasteiger partial charge in [0.15, 0.2) is 0 Å². The van der Waals surface area contributed by atoms with E-state index in [0.29, 0.717) is 17.7 Å². The van der Waals surface area contributed by atoms with Crippen LogP contribution in [0.25, 0.3) is 0 Å². The van der Waals surface area contributed by atoms with Gasteiger partial charge in [-0.1, -0.05) is 0 Å². The van der Waals surface area contributed by atoms with Crippen LogP contribution in [0.15, 0.2) is 12.1 Å². The molecule has 4 heteroatoms. The van der Waals surface area contributed by atoms with Crippen molar-refractivity contribution in [2.75, 3.05) is 13.2 Å². The van der Waals surface area contributed by atoms with Crippen LogP contribution in [0.1, 0.15) is 29.3 Å². The lowest BCUT2D eigenvalue weighted by molar-refractivity contribution is 0.0528. The third kappa shape index (κ3) is 2.78. The molecule has 0 spiro atoms. The predicted octanol–water partition coefficient (Wildman–Crippen LogP) is 3.98. The maximum atomic E-state index is 13.7. The summed E-state index contributed by atoms with van der Waals surface area (Å²) < 4.78 is 32.2. The van der Waals surface area contributed by atoms with Crippen molar-refractivity contribution in [2.24, 2.45) is 5.92 Å². The molecule has 1 nitrogen and oxygen atoms in total. The lowest BCUT2D eigenvalue weighted by atomic mass is 9.92. The molecule has 2 atom stereocenters. The molecule has 2 rings (SSSR count). The second-order valence-electron chi connectivity index (χ2n) is 4.50. The second kappa shape index (κ2) is 5.32. The molecule has 17 heavy (non-hydrogen) atoms. The number of rotatable bonds is 2. The summed E-state index contributed by atoms with van der Waals surface area (Å²) in [6.45, 7) is 2.90. The Morgan fingerprint density at radius 1 is 1.35 bits per heavy atom. The zero-order chi connectivity index (χ0) is 12.4. The van der Waals surface area contributed by atoms with Gasteiger partial charge in [-0.25, -0.2) is 8.78 Å². The molecule has 0 bridgehead atoms. The molecule has 94 valence electrons. The first-order chi connectivity index (χ1) is 8.09. The molecule has 1 heterocycles. The third-order valence-corrected chi connectivity index (χ3v) is 3.78. The molecule has 1 fully saturated rings. The Morgan fingerprint density at radius 3 is 2.76 bits per heavy atom. The van der Waals surface area contributed by atoms with Crippen molar-refractivity contribution < 1.29 is 13.5 Å². The fourth-order valence-electron chi connectivity index (χ4n) is 2.14. The van der Waals surface area contributed by atoms with Crippen molar-refractivity contribution in [3.8, 4) is 0 Å². The topological polar surface area (TPSA) is 9.23 Å². The van der Waals surface area contributed by atoms with Gasteiger partial charge in [0.1, 0.15) is 11.6 Å². The van der Waals surface area contributed by atoms with Gasteiger partial charge in [0.05, 0.1) is 12.0 Å². The molecule has 1 aliphatic rings. The van der Waals surface area contributed by atoms with E-state index in [9.17, 15) is 8.78 Å². The normalized spacial score (nSPS) is 22.5. The Bertz CT molecular complexity index is 403. The van der Waals surface area contributed by atoms with Gasteiger partial charge in [-0.3, -0.25) is 0 Å². The fraction of sp³-hybridized carbons (Fsp3) is 0.538. The Balaban J connectivity index is 2.23. The molecule has 0 aliphatic carbocycles. The van der Waals surface area contributed by atoms with Crippen LogP contribution < -0.4 is 0 Å². The number of hydrogen-bond donors (Lipinski definition) is 0. The van der Waals surface area contributed by atoms with Crippen molar-refractivity contribution >= 4 is 11.6 Å². The van der Waals surface area contributed by atoms with Gasteiger partial charge in [0, 0.05) is 24.2 Å². The minimum Gasteiger partial charge on any atom is -0.381 e. The van der Waals surface area contributed by atoms with Gasteiger partial charge < -0.3 is 4.74 Å². The molecule has 0 radical (unpaired) electrons. The van der Waals surface area contributed by atoms with Crippen LogP contribution in [0, 0.1) is 24.5 Å². The lowest BCUT2D eigenvalue weighted by Crippen LogP contribution is -2.21. The highest BCUT2D eigenvalue weighted by Crippen LogP contribution is 2.36. The highest BCUT2D eigenvalue weighted by atomic mass is 35.5. The molecule has 0 aromatic heterocycles. The van der Waals surface area contributed by atoms with Crippen LogP contribution in [0.5, 0.6) is 0 Å². The summed E-state index contributed by atoms with van der Waals surface area (Å²) in [5, 5.41) is -0.449. The van der Waals surface area contributed by atoms with E-state index in [-0.39, 0.29) is 5.92 Å². The Labute approximate surface area is 105 Å². The molecular weight excluding hydrogens is 246 g/mol. The molecule has 1 aromatic rings. The van der Waals surface area contributed by atoms with Gasteiger partial charge in [-0.2, -0.15) is 0 Å². The zero-order valence-corrected chi connectivity index (χ0v) is 10.4. The highest BCUT2D eigenvalue weighted by molar-refractivity contribution is 6.21. The summed E-state index contributed by atoms with van der Waals surface area (Å²) in [5.74, 6) is -1.00. The van der Waals surface area contributed by atoms with Crippen LogP contribution in [-0.2, 0) is 4.74 Å². The van der Waals surface area contributed by atoms with E-state index in [0.717, 1.165) is 25.5 Å². The van der Waals surface area contributed by atoms with Crippen molar-refractivity contribution in [1.29, 1.82) is 0 Å². The first-order valence-corrected chi connectivity index (χ1v) is 6.20. The number of alkyl halides is 1. The number of aryl methyl sites for hydroxylation is 1. The van der Waals surface area contributed by atoms with Gasteiger partial charge >= 0.3 is 0 Å². The first-order valence-electron chi connectivity index (χ1n) is 5.77. The third-order valence-electron chi connectivity index (χ3n) is 3.18. The van der Waals surface area contributed by atoms with E-state index in [1.165, 1.54) is 6.07 Å². The fourth-order valence-corrected chi connectivity index (χ4v) is 2.51. The summed E-state index contributed by atoms with van der Waals surface area (Å²) in [7, 11) is 0. The zero-order valence-electron chi connectivity index (χ0n) is 9.68. The Morgan fingerprint density at radius 2 is 2.12 bits per heavy atom. The number of hydrogen-bond acceptors (Lipinski definition) is 1. The second-order valence-corrected chi connectivity index (χ2v) is 4.97. The minimum absolute atomic E-state index is 0.102. The lowest BCUT2D eigenvalue weighted by Gasteiger charge is -2.26. The summed E-state index contributed by atoms with van der Waals surface area (Å²) in [4.78, 5) is 0. The smallest absolute Gasteiger partial charge is 0.130 e. The van der Waals surface area contributed by atoms with Gasteiger partial charge in [0.2, 0.25) is 0 Å². The Kier molecular flexibility index (Phi) is 4.00. The molecule has 1 saturated heterocycles. The standard InChI is InChI=1S/C13H15ClF2O/c1-8-5-10(12(16)6-11(8)15)13(14)9-3-2-4-17-7-9/h5-6,9,13H,2-4,7H2,1H3. The molecule has 2 unspecified atom stereocenters. The molecular formula is C13H15ClF2O. The summed E-state index contributed by atoms with van der Waals surface area (Å²) in [5.41, 5.74) is 0.796. The number of ether oxygens (including phenoxy) is 1. The van der Waals surface area contributed by atoms with E-state index in [4.69, 9.17) is 16.3 Å². The molecule has 1 aliphatic heterocycles. The van der Waals surface area contributed by atoms with Crippen LogP contribution in [0.2, 0.25) is 0 Å². The largest absolute Gasteiger partial charge is 0.381 e. The average Bonchev–Trinajstić information content (AvgIpc) is 2.34. The Hall–Kier alpha value is -0.670. The van der Waals surface area contributed by atoms with Crippen LogP contribution in [0.3, 0.4) is 0 Å². The van der Waals surface area contributed by atoms with Crippen molar-refractivity contribution in [1.82, 2.24) is 0 Å². The van der Waals surface area contributed by atoms with Crippen LogP contribution in [-0.4, -0.2) is 13.2 Å². The average molecular weight is 261 g/mol. The predicted molar refractivity (Wildman–Crippen MR) is 63.2 cm³/mol. The molecule has 1 aromatic carbocycles. The minimum atomic E-state index is -0.571. The molecule has 0 N–H and O–H groups in total. The monoisotopic (exact) mass is 260 g/mol. The summed E-state index contributed by atoms with van der Waals surface area (Å²) >= 11 is 6.27. The quantitative estimate of drug-likeness (QED) is 0.731. The molecule has 0 amide bonds. The summed E-state index contributed by atoms with van der Waals surface area (Å²) in [6.07, 6.45) is 1.86. The first kappa shape index (κ1) is 12.8. The van der Waals surface area contributed by atoms with E-state index in [1.54, 1.807) is 6.92 Å². The van der Waals surface area contributed by atoms with Gasteiger partial charge in [-0.15, -0.1) is 11.6 Å². The van der Waals surface area contributed by atoms with Crippen molar-refractivity contribution in [2.45, 2.75) is 25.1 Å². The highest BCUT2D eigenvalue weighted by Gasteiger charge is 2.26. The maximum absolute atomic E-state index is 13.7. The number of benzene rings is 1. The van der Waals surface area contributed by atoms with Gasteiger partial charge in [0.25, 0.3) is 0 Å². The maximum Gasteiger partial charge on any atom is 0.130 e. The van der Waals surface area contributed by atoms with E-state index in [1.807, 2.05) is 0 Å². The van der Waals surface area contributed by atoms with Crippen molar-refractivity contribution in [3.05, 3.63) is 34.9 Å². The van der Waals surface area contributed by atoms with E-state index >= 15 is 0 Å². The van der Waals surface area contributed by atoms with Crippen molar-refractivity contribution in [3.63, 3.8) is 0 Å². The van der Waals surface area contributed by atoms with Crippen LogP contribution >= 0.6 is 11.6 Å². The van der Waals surface area contributed by atoms with Gasteiger partial charge in [-0.05, 0) is 31.4 Å². The van der Waals surface area contributed by atoms with Crippen LogP contribution in [0.4, 0.5) is 8.78 Å².